The van der Waals surface area contributed by atoms with Gasteiger partial charge in [-0.2, -0.15) is 13.2 Å². The van der Waals surface area contributed by atoms with Crippen LogP contribution in [0.15, 0.2) is 67.0 Å². The number of hydrogen-bond donors (Lipinski definition) is 3. The molecule has 0 unspecified atom stereocenters. The summed E-state index contributed by atoms with van der Waals surface area (Å²) in [5.74, 6) is 0. The van der Waals surface area contributed by atoms with Gasteiger partial charge in [0.15, 0.2) is 0 Å². The molecule has 5 rings (SSSR count). The lowest BCUT2D eigenvalue weighted by molar-refractivity contribution is -0.137. The minimum Gasteiger partial charge on any atom is -0.369 e. The lowest BCUT2D eigenvalue weighted by Crippen LogP contribution is -2.44. The minimum absolute atomic E-state index is 0.250. The second-order valence-electron chi connectivity index (χ2n) is 8.81. The van der Waals surface area contributed by atoms with E-state index in [1.54, 1.807) is 12.4 Å². The third-order valence-corrected chi connectivity index (χ3v) is 6.32. The van der Waals surface area contributed by atoms with E-state index in [1.807, 2.05) is 6.07 Å². The number of aromatic amines is 1. The van der Waals surface area contributed by atoms with Crippen LogP contribution >= 0.6 is 0 Å². The highest BCUT2D eigenvalue weighted by molar-refractivity contribution is 6.05. The minimum atomic E-state index is -4.43. The molecular formula is C26H25F3N6O. The molecule has 3 N–H and O–H groups in total. The van der Waals surface area contributed by atoms with E-state index in [0.29, 0.717) is 11.3 Å². The second kappa shape index (κ2) is 9.54. The van der Waals surface area contributed by atoms with E-state index in [0.717, 1.165) is 54.8 Å². The Balaban J connectivity index is 1.29. The van der Waals surface area contributed by atoms with Crippen molar-refractivity contribution in [2.75, 3.05) is 48.8 Å². The molecule has 1 aliphatic rings. The first-order valence-corrected chi connectivity index (χ1v) is 11.5. The van der Waals surface area contributed by atoms with Gasteiger partial charge in [0.2, 0.25) is 0 Å². The molecule has 1 fully saturated rings. The number of pyridine rings is 1. The standard InChI is InChI=1S/C26H25F3N6O/c1-34-10-12-35(13-11-34)21-8-2-17(3-9-21)18-14-22-23(16-31-24(22)30-15-18)33-25(36)32-20-6-4-19(5-7-20)26(27,28)29/h2-9,14-16H,10-13H2,1H3,(H,30,31)(H2,32,33,36). The smallest absolute Gasteiger partial charge is 0.369 e. The van der Waals surface area contributed by atoms with Crippen LogP contribution in [-0.2, 0) is 6.18 Å². The number of hydrogen-bond acceptors (Lipinski definition) is 4. The fourth-order valence-corrected chi connectivity index (χ4v) is 4.22. The first kappa shape index (κ1) is 23.7. The Morgan fingerprint density at radius 2 is 1.64 bits per heavy atom. The van der Waals surface area contributed by atoms with Crippen molar-refractivity contribution in [3.63, 3.8) is 0 Å². The number of anilines is 3. The topological polar surface area (TPSA) is 76.3 Å². The van der Waals surface area contributed by atoms with Crippen molar-refractivity contribution < 1.29 is 18.0 Å². The highest BCUT2D eigenvalue weighted by Gasteiger charge is 2.30. The van der Waals surface area contributed by atoms with Gasteiger partial charge >= 0.3 is 12.2 Å². The first-order valence-electron chi connectivity index (χ1n) is 11.5. The molecule has 186 valence electrons. The largest absolute Gasteiger partial charge is 0.416 e. The third kappa shape index (κ3) is 5.13. The Kier molecular flexibility index (Phi) is 6.27. The van der Waals surface area contributed by atoms with Gasteiger partial charge in [0, 0.05) is 60.9 Å². The number of rotatable bonds is 4. The van der Waals surface area contributed by atoms with Gasteiger partial charge in [-0.05, 0) is 55.1 Å². The van der Waals surface area contributed by atoms with Crippen molar-refractivity contribution in [3.8, 4) is 11.1 Å². The molecule has 0 atom stereocenters. The van der Waals surface area contributed by atoms with E-state index in [1.165, 1.54) is 17.8 Å². The Labute approximate surface area is 205 Å². The SMILES string of the molecule is CN1CCN(c2ccc(-c3cnc4[nH]cc(NC(=O)Nc5ccc(C(F)(F)F)cc5)c4c3)cc2)CC1. The summed E-state index contributed by atoms with van der Waals surface area (Å²) in [6.45, 7) is 4.07. The predicted octanol–water partition coefficient (Wildman–Crippen LogP) is 5.64. The number of alkyl halides is 3. The van der Waals surface area contributed by atoms with Crippen molar-refractivity contribution in [2.45, 2.75) is 6.18 Å². The zero-order chi connectivity index (χ0) is 25.3. The van der Waals surface area contributed by atoms with E-state index in [-0.39, 0.29) is 5.69 Å². The number of urea groups is 1. The molecular weight excluding hydrogens is 469 g/mol. The number of carbonyl (C=O) groups excluding carboxylic acids is 1. The van der Waals surface area contributed by atoms with Crippen LogP contribution < -0.4 is 15.5 Å². The van der Waals surface area contributed by atoms with Gasteiger partial charge in [0.25, 0.3) is 0 Å². The summed E-state index contributed by atoms with van der Waals surface area (Å²) in [6.07, 6.45) is -1.03. The van der Waals surface area contributed by atoms with Crippen molar-refractivity contribution >= 4 is 34.1 Å². The van der Waals surface area contributed by atoms with E-state index in [2.05, 4.69) is 61.7 Å². The Morgan fingerprint density at radius 1 is 0.944 bits per heavy atom. The number of H-pyrrole nitrogens is 1. The normalized spacial score (nSPS) is 14.7. The summed E-state index contributed by atoms with van der Waals surface area (Å²) in [5, 5.41) is 6.01. The number of nitrogens with zero attached hydrogens (tertiary/aromatic N) is 3. The van der Waals surface area contributed by atoms with Crippen LogP contribution in [0.2, 0.25) is 0 Å². The summed E-state index contributed by atoms with van der Waals surface area (Å²) in [7, 11) is 2.13. The zero-order valence-corrected chi connectivity index (χ0v) is 19.6. The predicted molar refractivity (Wildman–Crippen MR) is 135 cm³/mol. The van der Waals surface area contributed by atoms with Crippen LogP contribution in [-0.4, -0.2) is 54.1 Å². The molecule has 1 aliphatic heterocycles. The highest BCUT2D eigenvalue weighted by Crippen LogP contribution is 2.31. The molecule has 1 saturated heterocycles. The summed E-state index contributed by atoms with van der Waals surface area (Å²) < 4.78 is 38.2. The summed E-state index contributed by atoms with van der Waals surface area (Å²) in [6, 6.07) is 14.0. The average molecular weight is 495 g/mol. The summed E-state index contributed by atoms with van der Waals surface area (Å²) in [5.41, 5.74) is 3.68. The molecule has 2 aromatic carbocycles. The van der Waals surface area contributed by atoms with Gasteiger partial charge in [0.1, 0.15) is 5.65 Å². The fourth-order valence-electron chi connectivity index (χ4n) is 4.22. The zero-order valence-electron chi connectivity index (χ0n) is 19.6. The molecule has 3 heterocycles. The maximum atomic E-state index is 12.7. The van der Waals surface area contributed by atoms with E-state index < -0.39 is 17.8 Å². The number of likely N-dealkylation sites (N-methyl/N-ethyl adjacent to an activating group) is 1. The quantitative estimate of drug-likeness (QED) is 0.343. The number of fused-ring (bicyclic) bond motifs is 1. The number of aromatic nitrogens is 2. The van der Waals surface area contributed by atoms with Crippen molar-refractivity contribution in [2.24, 2.45) is 0 Å². The van der Waals surface area contributed by atoms with Crippen molar-refractivity contribution in [1.29, 1.82) is 0 Å². The van der Waals surface area contributed by atoms with Crippen LogP contribution in [0.25, 0.3) is 22.2 Å². The van der Waals surface area contributed by atoms with Crippen molar-refractivity contribution in [1.82, 2.24) is 14.9 Å². The molecule has 0 aliphatic carbocycles. The number of benzene rings is 2. The van der Waals surface area contributed by atoms with Gasteiger partial charge < -0.3 is 25.4 Å². The lowest BCUT2D eigenvalue weighted by Gasteiger charge is -2.34. The molecule has 2 amide bonds. The monoisotopic (exact) mass is 494 g/mol. The third-order valence-electron chi connectivity index (χ3n) is 6.32. The maximum Gasteiger partial charge on any atom is 0.416 e. The van der Waals surface area contributed by atoms with Crippen LogP contribution in [0.3, 0.4) is 0 Å². The fraction of sp³-hybridized carbons (Fsp3) is 0.231. The van der Waals surface area contributed by atoms with Crippen molar-refractivity contribution in [3.05, 3.63) is 72.6 Å². The number of amides is 2. The summed E-state index contributed by atoms with van der Waals surface area (Å²) in [4.78, 5) is 24.7. The van der Waals surface area contributed by atoms with Crippen LogP contribution in [0, 0.1) is 0 Å². The molecule has 0 spiro atoms. The average Bonchev–Trinajstić information content (AvgIpc) is 3.26. The second-order valence-corrected chi connectivity index (χ2v) is 8.81. The Bertz CT molecular complexity index is 1360. The van der Waals surface area contributed by atoms with Crippen LogP contribution in [0.1, 0.15) is 5.56 Å². The first-order chi connectivity index (χ1) is 17.3. The highest BCUT2D eigenvalue weighted by atomic mass is 19.4. The number of carbonyl (C=O) groups is 1. The van der Waals surface area contributed by atoms with E-state index >= 15 is 0 Å². The maximum absolute atomic E-state index is 12.7. The lowest BCUT2D eigenvalue weighted by atomic mass is 10.1. The van der Waals surface area contributed by atoms with Crippen LogP contribution in [0.4, 0.5) is 35.0 Å². The molecule has 7 nitrogen and oxygen atoms in total. The molecule has 36 heavy (non-hydrogen) atoms. The van der Waals surface area contributed by atoms with Crippen LogP contribution in [0.5, 0.6) is 0 Å². The molecule has 2 aromatic heterocycles. The Morgan fingerprint density at radius 3 is 2.31 bits per heavy atom. The summed E-state index contributed by atoms with van der Waals surface area (Å²) >= 11 is 0. The van der Waals surface area contributed by atoms with Gasteiger partial charge in [-0.15, -0.1) is 0 Å². The van der Waals surface area contributed by atoms with E-state index in [9.17, 15) is 18.0 Å². The Hall–Kier alpha value is -4.05. The van der Waals surface area contributed by atoms with Gasteiger partial charge in [0.05, 0.1) is 11.3 Å². The number of halogens is 3. The number of piperazine rings is 1. The molecule has 0 bridgehead atoms. The molecule has 10 heteroatoms. The van der Waals surface area contributed by atoms with Gasteiger partial charge in [-0.25, -0.2) is 9.78 Å². The number of nitrogens with one attached hydrogen (secondary N) is 3. The molecule has 0 saturated carbocycles. The van der Waals surface area contributed by atoms with E-state index in [4.69, 9.17) is 0 Å². The molecule has 4 aromatic rings. The van der Waals surface area contributed by atoms with Gasteiger partial charge in [-0.3, -0.25) is 0 Å². The molecule has 0 radical (unpaired) electrons. The van der Waals surface area contributed by atoms with Gasteiger partial charge in [-0.1, -0.05) is 12.1 Å².